The van der Waals surface area contributed by atoms with Crippen molar-refractivity contribution in [3.05, 3.63) is 0 Å². The Balaban J connectivity index is 2.02. The Bertz CT molecular complexity index is 365. The molecule has 0 radical (unpaired) electrons. The molecule has 1 fully saturated rings. The fraction of sp³-hybridized carbons (Fsp3) is 0.900. The fourth-order valence-electron chi connectivity index (χ4n) is 3.53. The van der Waals surface area contributed by atoms with Crippen molar-refractivity contribution in [2.75, 3.05) is 6.61 Å². The highest BCUT2D eigenvalue weighted by Crippen LogP contribution is 2.31. The van der Waals surface area contributed by atoms with Crippen molar-refractivity contribution in [2.24, 2.45) is 17.8 Å². The van der Waals surface area contributed by atoms with Gasteiger partial charge in [0.15, 0.2) is 0 Å². The summed E-state index contributed by atoms with van der Waals surface area (Å²) in [5.41, 5.74) is 0. The Hall–Kier alpha value is -1.06. The highest BCUT2D eigenvalue weighted by Gasteiger charge is 2.36. The summed E-state index contributed by atoms with van der Waals surface area (Å²) in [6.45, 7) is 4.98. The van der Waals surface area contributed by atoms with E-state index in [9.17, 15) is 14.7 Å². The number of carbonyl (C=O) groups is 2. The Morgan fingerprint density at radius 3 is 2.04 bits per heavy atom. The largest absolute Gasteiger partial charge is 0.481 e. The van der Waals surface area contributed by atoms with Gasteiger partial charge >= 0.3 is 11.9 Å². The molecule has 140 valence electrons. The van der Waals surface area contributed by atoms with Gasteiger partial charge in [0, 0.05) is 0 Å². The van der Waals surface area contributed by atoms with Crippen molar-refractivity contribution in [3.63, 3.8) is 0 Å². The minimum Gasteiger partial charge on any atom is -0.481 e. The van der Waals surface area contributed by atoms with Crippen LogP contribution in [0, 0.1) is 17.8 Å². The van der Waals surface area contributed by atoms with Crippen LogP contribution in [0.5, 0.6) is 0 Å². The number of carboxylic acids is 1. The summed E-state index contributed by atoms with van der Waals surface area (Å²) in [5.74, 6) is -1.32. The molecule has 0 amide bonds. The Kier molecular flexibility index (Phi) is 10.8. The van der Waals surface area contributed by atoms with Crippen LogP contribution in [0.25, 0.3) is 0 Å². The predicted octanol–water partition coefficient (Wildman–Crippen LogP) is 5.20. The normalized spacial score (nSPS) is 21.0. The van der Waals surface area contributed by atoms with Crippen LogP contribution >= 0.6 is 0 Å². The maximum Gasteiger partial charge on any atom is 0.309 e. The molecule has 0 aromatic heterocycles. The first-order valence-electron chi connectivity index (χ1n) is 9.91. The minimum absolute atomic E-state index is 0.296. The van der Waals surface area contributed by atoms with E-state index >= 15 is 0 Å². The average molecular weight is 341 g/mol. The molecule has 2 unspecified atom stereocenters. The quantitative estimate of drug-likeness (QED) is 0.392. The lowest BCUT2D eigenvalue weighted by molar-refractivity contribution is -0.159. The lowest BCUT2D eigenvalue weighted by Crippen LogP contribution is -2.33. The number of carbonyl (C=O) groups excluding carboxylic acids is 1. The molecule has 1 aliphatic rings. The molecule has 1 N–H and O–H groups in total. The summed E-state index contributed by atoms with van der Waals surface area (Å²) in [6.07, 6.45) is 12.8. The van der Waals surface area contributed by atoms with Gasteiger partial charge in [-0.3, -0.25) is 9.59 Å². The topological polar surface area (TPSA) is 63.6 Å². The molecule has 0 heterocycles. The van der Waals surface area contributed by atoms with E-state index in [1.165, 1.54) is 38.5 Å². The first-order chi connectivity index (χ1) is 11.5. The average Bonchev–Trinajstić information content (AvgIpc) is 2.56. The molecular formula is C20H36O4. The SMILES string of the molecule is CC(C)CCCCCCCCCOC(=O)C1CCCCC1C(=O)O. The molecule has 4 nitrogen and oxygen atoms in total. The highest BCUT2D eigenvalue weighted by atomic mass is 16.5. The summed E-state index contributed by atoms with van der Waals surface area (Å²) in [7, 11) is 0. The van der Waals surface area contributed by atoms with Crippen molar-refractivity contribution in [1.29, 1.82) is 0 Å². The van der Waals surface area contributed by atoms with Gasteiger partial charge in [-0.2, -0.15) is 0 Å². The number of rotatable bonds is 12. The van der Waals surface area contributed by atoms with Crippen molar-refractivity contribution >= 4 is 11.9 Å². The van der Waals surface area contributed by atoms with Crippen molar-refractivity contribution in [2.45, 2.75) is 90.9 Å². The highest BCUT2D eigenvalue weighted by molar-refractivity contribution is 5.81. The van der Waals surface area contributed by atoms with Gasteiger partial charge in [0.1, 0.15) is 0 Å². The van der Waals surface area contributed by atoms with E-state index in [-0.39, 0.29) is 5.97 Å². The molecule has 0 aromatic carbocycles. The summed E-state index contributed by atoms with van der Waals surface area (Å²) in [4.78, 5) is 23.3. The zero-order chi connectivity index (χ0) is 17.8. The van der Waals surface area contributed by atoms with Crippen LogP contribution in [0.4, 0.5) is 0 Å². The van der Waals surface area contributed by atoms with Gasteiger partial charge in [0.2, 0.25) is 0 Å². The molecular weight excluding hydrogens is 304 g/mol. The van der Waals surface area contributed by atoms with Crippen LogP contribution in [0.1, 0.15) is 90.9 Å². The summed E-state index contributed by atoms with van der Waals surface area (Å²) in [5, 5.41) is 9.21. The second-order valence-electron chi connectivity index (χ2n) is 7.66. The standard InChI is InChI=1S/C20H36O4/c1-16(2)12-8-6-4-3-5-7-11-15-24-20(23)18-14-10-9-13-17(18)19(21)22/h16-18H,3-15H2,1-2H3,(H,21,22). The molecule has 0 aliphatic heterocycles. The van der Waals surface area contributed by atoms with Gasteiger partial charge in [-0.05, 0) is 25.2 Å². The van der Waals surface area contributed by atoms with Gasteiger partial charge in [0.25, 0.3) is 0 Å². The van der Waals surface area contributed by atoms with Gasteiger partial charge in [-0.25, -0.2) is 0 Å². The second kappa shape index (κ2) is 12.3. The van der Waals surface area contributed by atoms with Crippen molar-refractivity contribution in [1.82, 2.24) is 0 Å². The molecule has 1 rings (SSSR count). The molecule has 2 atom stereocenters. The Morgan fingerprint density at radius 1 is 0.917 bits per heavy atom. The maximum atomic E-state index is 12.1. The Labute approximate surface area is 147 Å². The fourth-order valence-corrected chi connectivity index (χ4v) is 3.53. The number of hydrogen-bond donors (Lipinski definition) is 1. The second-order valence-corrected chi connectivity index (χ2v) is 7.66. The molecule has 1 saturated carbocycles. The third-order valence-corrected chi connectivity index (χ3v) is 5.06. The summed E-state index contributed by atoms with van der Waals surface area (Å²) >= 11 is 0. The van der Waals surface area contributed by atoms with Gasteiger partial charge in [0.05, 0.1) is 18.4 Å². The van der Waals surface area contributed by atoms with E-state index in [1.807, 2.05) is 0 Å². The van der Waals surface area contributed by atoms with Crippen LogP contribution in [0.15, 0.2) is 0 Å². The van der Waals surface area contributed by atoms with E-state index in [0.29, 0.717) is 19.4 Å². The molecule has 4 heteroatoms. The molecule has 0 aromatic rings. The maximum absolute atomic E-state index is 12.1. The molecule has 0 bridgehead atoms. The molecule has 24 heavy (non-hydrogen) atoms. The van der Waals surface area contributed by atoms with E-state index in [4.69, 9.17) is 4.74 Å². The smallest absolute Gasteiger partial charge is 0.309 e. The van der Waals surface area contributed by atoms with Crippen molar-refractivity contribution < 1.29 is 19.4 Å². The van der Waals surface area contributed by atoms with E-state index in [0.717, 1.165) is 31.6 Å². The van der Waals surface area contributed by atoms with Crippen LogP contribution in [0.3, 0.4) is 0 Å². The molecule has 0 saturated heterocycles. The van der Waals surface area contributed by atoms with Crippen LogP contribution in [-0.4, -0.2) is 23.7 Å². The van der Waals surface area contributed by atoms with E-state index in [1.54, 1.807) is 0 Å². The number of carboxylic acid groups (broad SMARTS) is 1. The summed E-state index contributed by atoms with van der Waals surface area (Å²) in [6, 6.07) is 0. The van der Waals surface area contributed by atoms with E-state index in [2.05, 4.69) is 13.8 Å². The lowest BCUT2D eigenvalue weighted by atomic mass is 9.79. The summed E-state index contributed by atoms with van der Waals surface area (Å²) < 4.78 is 5.33. The third-order valence-electron chi connectivity index (χ3n) is 5.06. The number of hydrogen-bond acceptors (Lipinski definition) is 3. The zero-order valence-electron chi connectivity index (χ0n) is 15.6. The predicted molar refractivity (Wildman–Crippen MR) is 95.8 cm³/mol. The first kappa shape index (κ1) is 21.0. The lowest BCUT2D eigenvalue weighted by Gasteiger charge is -2.26. The third kappa shape index (κ3) is 8.70. The monoisotopic (exact) mass is 340 g/mol. The number of aliphatic carboxylic acids is 1. The van der Waals surface area contributed by atoms with Crippen LogP contribution in [-0.2, 0) is 14.3 Å². The van der Waals surface area contributed by atoms with Gasteiger partial charge in [-0.15, -0.1) is 0 Å². The number of ether oxygens (including phenoxy) is 1. The van der Waals surface area contributed by atoms with Gasteiger partial charge < -0.3 is 9.84 Å². The van der Waals surface area contributed by atoms with E-state index < -0.39 is 17.8 Å². The van der Waals surface area contributed by atoms with Crippen molar-refractivity contribution in [3.8, 4) is 0 Å². The first-order valence-corrected chi connectivity index (χ1v) is 9.91. The van der Waals surface area contributed by atoms with Crippen LogP contribution < -0.4 is 0 Å². The minimum atomic E-state index is -0.853. The molecule has 0 spiro atoms. The Morgan fingerprint density at radius 2 is 1.46 bits per heavy atom. The zero-order valence-corrected chi connectivity index (χ0v) is 15.6. The molecule has 1 aliphatic carbocycles. The van der Waals surface area contributed by atoms with Crippen LogP contribution in [0.2, 0.25) is 0 Å². The number of unbranched alkanes of at least 4 members (excludes halogenated alkanes) is 6. The number of esters is 1. The van der Waals surface area contributed by atoms with Gasteiger partial charge in [-0.1, -0.05) is 71.6 Å².